The number of carboxylic acids is 3. The third-order valence-electron chi connectivity index (χ3n) is 9.93. The lowest BCUT2D eigenvalue weighted by molar-refractivity contribution is -0.142. The van der Waals surface area contributed by atoms with Gasteiger partial charge in [-0.2, -0.15) is 0 Å². The maximum atomic E-state index is 12.3. The van der Waals surface area contributed by atoms with E-state index in [2.05, 4.69) is 35.7 Å². The van der Waals surface area contributed by atoms with Crippen molar-refractivity contribution >= 4 is 50.9 Å². The van der Waals surface area contributed by atoms with Gasteiger partial charge in [-0.05, 0) is 38.5 Å². The number of nitrogens with one attached hydrogen (secondary N) is 5. The molecular weight excluding hydrogens is 841 g/mol. The van der Waals surface area contributed by atoms with Crippen LogP contribution in [0, 0.1) is 0 Å². The van der Waals surface area contributed by atoms with E-state index in [1.54, 1.807) is 0 Å². The summed E-state index contributed by atoms with van der Waals surface area (Å²) >= 11 is 0. The Morgan fingerprint density at radius 2 is 0.810 bits per heavy atom. The Labute approximate surface area is 376 Å². The zero-order chi connectivity index (χ0) is 46.6. The van der Waals surface area contributed by atoms with Gasteiger partial charge in [0.2, 0.25) is 23.6 Å². The van der Waals surface area contributed by atoms with E-state index in [1.165, 1.54) is 57.8 Å². The number of carboxylic acid groups (broad SMARTS) is 3. The summed E-state index contributed by atoms with van der Waals surface area (Å²) < 4.78 is 21.3. The van der Waals surface area contributed by atoms with Crippen molar-refractivity contribution in [3.8, 4) is 0 Å². The SMILES string of the molecule is O=C(O)CCCCCCCCCCCCCCCCCCC(=O)N[C@@H](CCC(=O)NCCOCCOCC(=O)NCCOCCOCC(=O)NCCCCC(NP)C(=O)O)C(=O)O. The number of amides is 4. The number of unbranched alkanes of at least 4 members (excludes halogenated alkanes) is 16. The van der Waals surface area contributed by atoms with Crippen LogP contribution in [0.25, 0.3) is 0 Å². The first kappa shape index (κ1) is 59.5. The Kier molecular flexibility index (Phi) is 41.3. The van der Waals surface area contributed by atoms with Gasteiger partial charge in [0.05, 0.1) is 39.6 Å². The van der Waals surface area contributed by atoms with Gasteiger partial charge >= 0.3 is 17.9 Å². The molecule has 20 heteroatoms. The van der Waals surface area contributed by atoms with Gasteiger partial charge in [0.15, 0.2) is 0 Å². The first-order valence-corrected chi connectivity index (χ1v) is 23.6. The van der Waals surface area contributed by atoms with Crippen LogP contribution in [0.4, 0.5) is 0 Å². The van der Waals surface area contributed by atoms with Crippen LogP contribution in [0.1, 0.15) is 148 Å². The molecule has 63 heavy (non-hydrogen) atoms. The minimum Gasteiger partial charge on any atom is -0.481 e. The van der Waals surface area contributed by atoms with E-state index < -0.39 is 30.0 Å². The normalized spacial score (nSPS) is 12.0. The molecule has 0 aliphatic carbocycles. The molecule has 0 saturated heterocycles. The molecule has 0 aromatic carbocycles. The highest BCUT2D eigenvalue weighted by Gasteiger charge is 2.21. The fourth-order valence-electron chi connectivity index (χ4n) is 6.30. The third-order valence-corrected chi connectivity index (χ3v) is 10.3. The molecule has 0 radical (unpaired) electrons. The second-order valence-electron chi connectivity index (χ2n) is 15.5. The van der Waals surface area contributed by atoms with Gasteiger partial charge in [0, 0.05) is 38.9 Å². The van der Waals surface area contributed by atoms with Crippen molar-refractivity contribution < 1.29 is 67.8 Å². The average molecular weight is 922 g/mol. The Hall–Kier alpha value is -3.48. The summed E-state index contributed by atoms with van der Waals surface area (Å²) in [7, 11) is 2.19. The summed E-state index contributed by atoms with van der Waals surface area (Å²) in [5.74, 6) is -4.09. The van der Waals surface area contributed by atoms with Crippen LogP contribution >= 0.6 is 9.39 Å². The fraction of sp³-hybridized carbons (Fsp3) is 0.837. The molecule has 0 heterocycles. The number of carbonyl (C=O) groups excluding carboxylic acids is 4. The molecule has 2 unspecified atom stereocenters. The molecule has 0 spiro atoms. The molecule has 0 aliphatic heterocycles. The highest BCUT2D eigenvalue weighted by atomic mass is 31.0. The van der Waals surface area contributed by atoms with Crippen molar-refractivity contribution in [3.63, 3.8) is 0 Å². The lowest BCUT2D eigenvalue weighted by atomic mass is 10.0. The average Bonchev–Trinajstić information content (AvgIpc) is 3.24. The summed E-state index contributed by atoms with van der Waals surface area (Å²) in [6.07, 6.45) is 20.0. The molecule has 0 fully saturated rings. The minimum absolute atomic E-state index is 0.0276. The van der Waals surface area contributed by atoms with Crippen LogP contribution in [0.3, 0.4) is 0 Å². The van der Waals surface area contributed by atoms with Gasteiger partial charge in [-0.15, -0.1) is 0 Å². The molecule has 3 atom stereocenters. The summed E-state index contributed by atoms with van der Waals surface area (Å²) in [5.41, 5.74) is 0. The first-order chi connectivity index (χ1) is 30.5. The summed E-state index contributed by atoms with van der Waals surface area (Å²) in [5, 5.41) is 40.3. The monoisotopic (exact) mass is 922 g/mol. The lowest BCUT2D eigenvalue weighted by Gasteiger charge is -2.14. The molecule has 366 valence electrons. The van der Waals surface area contributed by atoms with Gasteiger partial charge in [-0.25, -0.2) is 4.79 Å². The van der Waals surface area contributed by atoms with Crippen molar-refractivity contribution in [2.75, 3.05) is 72.5 Å². The van der Waals surface area contributed by atoms with Crippen LogP contribution < -0.4 is 26.4 Å². The molecule has 0 rings (SSSR count). The second kappa shape index (κ2) is 43.8. The molecule has 4 amide bonds. The Bertz CT molecular complexity index is 1230. The van der Waals surface area contributed by atoms with Crippen LogP contribution in [-0.2, 0) is 52.5 Å². The highest BCUT2D eigenvalue weighted by Crippen LogP contribution is 2.14. The number of ether oxygens (including phenoxy) is 4. The number of rotatable bonds is 47. The first-order valence-electron chi connectivity index (χ1n) is 23.0. The number of hydrogen-bond acceptors (Lipinski definition) is 12. The maximum Gasteiger partial charge on any atom is 0.326 e. The van der Waals surface area contributed by atoms with E-state index in [9.17, 15) is 38.7 Å². The quantitative estimate of drug-likeness (QED) is 0.0318. The van der Waals surface area contributed by atoms with Crippen LogP contribution in [0.5, 0.6) is 0 Å². The molecule has 19 nitrogen and oxygen atoms in total. The van der Waals surface area contributed by atoms with Gasteiger partial charge in [0.25, 0.3) is 0 Å². The predicted molar refractivity (Wildman–Crippen MR) is 240 cm³/mol. The van der Waals surface area contributed by atoms with Crippen molar-refractivity contribution in [1.29, 1.82) is 0 Å². The molecule has 8 N–H and O–H groups in total. The van der Waals surface area contributed by atoms with Crippen molar-refractivity contribution in [2.24, 2.45) is 0 Å². The zero-order valence-electron chi connectivity index (χ0n) is 37.6. The number of aliphatic carboxylic acids is 3. The van der Waals surface area contributed by atoms with Gasteiger partial charge in [-0.3, -0.25) is 33.9 Å². The summed E-state index contributed by atoms with van der Waals surface area (Å²) in [6.45, 7) is 1.85. The molecule has 0 bridgehead atoms. The second-order valence-corrected chi connectivity index (χ2v) is 15.8. The topological polar surface area (TPSA) is 277 Å². The van der Waals surface area contributed by atoms with E-state index in [0.29, 0.717) is 32.2 Å². The van der Waals surface area contributed by atoms with Crippen LogP contribution in [0.15, 0.2) is 0 Å². The summed E-state index contributed by atoms with van der Waals surface area (Å²) in [6, 6.07) is -1.77. The van der Waals surface area contributed by atoms with Gasteiger partial charge in [0.1, 0.15) is 25.3 Å². The molecule has 0 aromatic heterocycles. The van der Waals surface area contributed by atoms with Gasteiger partial charge < -0.3 is 55.5 Å². The van der Waals surface area contributed by atoms with Crippen LogP contribution in [0.2, 0.25) is 0 Å². The Balaban J connectivity index is 3.64. The van der Waals surface area contributed by atoms with Crippen molar-refractivity contribution in [3.05, 3.63) is 0 Å². The maximum absolute atomic E-state index is 12.3. The number of carbonyl (C=O) groups is 7. The highest BCUT2D eigenvalue weighted by molar-refractivity contribution is 7.13. The Morgan fingerprint density at radius 3 is 1.25 bits per heavy atom. The van der Waals surface area contributed by atoms with E-state index in [-0.39, 0.29) is 115 Å². The van der Waals surface area contributed by atoms with E-state index in [4.69, 9.17) is 29.2 Å². The molecule has 0 saturated carbocycles. The van der Waals surface area contributed by atoms with Gasteiger partial charge in [-0.1, -0.05) is 99.3 Å². The molecule has 0 aromatic rings. The largest absolute Gasteiger partial charge is 0.481 e. The van der Waals surface area contributed by atoms with E-state index in [1.807, 2.05) is 0 Å². The van der Waals surface area contributed by atoms with Crippen LogP contribution in [-0.4, -0.2) is 141 Å². The zero-order valence-corrected chi connectivity index (χ0v) is 38.8. The fourth-order valence-corrected chi connectivity index (χ4v) is 6.61. The molecule has 0 aliphatic rings. The van der Waals surface area contributed by atoms with Crippen molar-refractivity contribution in [2.45, 2.75) is 160 Å². The van der Waals surface area contributed by atoms with E-state index in [0.717, 1.165) is 38.5 Å². The van der Waals surface area contributed by atoms with Crippen molar-refractivity contribution in [1.82, 2.24) is 26.4 Å². The third kappa shape index (κ3) is 42.2. The Morgan fingerprint density at radius 1 is 0.397 bits per heavy atom. The summed E-state index contributed by atoms with van der Waals surface area (Å²) in [4.78, 5) is 81.4. The van der Waals surface area contributed by atoms with E-state index >= 15 is 0 Å². The minimum atomic E-state index is -1.18. The number of hydrogen-bond donors (Lipinski definition) is 8. The lowest BCUT2D eigenvalue weighted by Crippen LogP contribution is -2.41. The standard InChI is InChI=1S/C43H80N5O14P/c49-37(23-22-35(42(55)56)47-38(50)20-15-13-11-9-7-5-3-1-2-4-6-8-10-12-14-16-21-41(53)54)45-25-27-59-29-32-62-34-40(52)46-26-28-60-30-31-61-33-39(51)44-24-18-17-19-36(48-63)43(57)58/h35-36,48H,1-34,63H2,(H,44,51)(H,45,49)(H,46,52)(H,47,50)(H,53,54)(H,55,56)(H,57,58)/t35-,36?/m0/s1. The smallest absolute Gasteiger partial charge is 0.326 e. The molecular formula is C43H80N5O14P. The predicted octanol–water partition coefficient (Wildman–Crippen LogP) is 3.86.